The quantitative estimate of drug-likeness (QED) is 0.316. The van der Waals surface area contributed by atoms with Crippen LogP contribution >= 0.6 is 0 Å². The normalized spacial score (nSPS) is 22.3. The molecule has 0 radical (unpaired) electrons. The summed E-state index contributed by atoms with van der Waals surface area (Å²) in [6.07, 6.45) is 1.62. The maximum Gasteiger partial charge on any atom is 0.239 e. The number of nitrogens with zero attached hydrogens (tertiary/aromatic N) is 2. The molecule has 10 nitrogen and oxygen atoms in total. The van der Waals surface area contributed by atoms with Gasteiger partial charge in [0.1, 0.15) is 18.1 Å². The standard InChI is InChI=1S/C33H49N3O7/c1-23(34)32(37)36-20-31(43-21-24-7-12-30-29(17-24)35(14-16-42-30)13-6-15-39-3)28(25-8-10-27(41-5)11-9-25)18-26(36)19-33(2,38)22-40-4/h7-12,17,23,26,28,31,38H,6,13-16,18-22,34H2,1-5H3/t23?,26-,28-,31+,33+/m1/s1. The van der Waals surface area contributed by atoms with E-state index in [1.54, 1.807) is 40.1 Å². The van der Waals surface area contributed by atoms with E-state index in [1.807, 2.05) is 24.3 Å². The molecule has 1 saturated heterocycles. The number of hydrogen-bond donors (Lipinski definition) is 2. The van der Waals surface area contributed by atoms with Gasteiger partial charge in [-0.1, -0.05) is 18.2 Å². The third-order valence-corrected chi connectivity index (χ3v) is 8.36. The Morgan fingerprint density at radius 3 is 2.60 bits per heavy atom. The SMILES string of the molecule is COCCCN1CCOc2ccc(CO[C@H]3CN(C(=O)C(C)N)[C@@H](C[C@](C)(O)COC)C[C@@H]3c3ccc(OC)cc3)cc21. The van der Waals surface area contributed by atoms with E-state index in [1.165, 1.54) is 0 Å². The molecule has 0 bridgehead atoms. The van der Waals surface area contributed by atoms with E-state index >= 15 is 0 Å². The Labute approximate surface area is 256 Å². The van der Waals surface area contributed by atoms with Crippen LogP contribution in [-0.2, 0) is 25.6 Å². The molecule has 1 unspecified atom stereocenters. The van der Waals surface area contributed by atoms with Crippen LogP contribution < -0.4 is 20.1 Å². The number of nitrogens with two attached hydrogens (primary N) is 1. The van der Waals surface area contributed by atoms with Crippen LogP contribution in [0.2, 0.25) is 0 Å². The molecule has 5 atom stereocenters. The van der Waals surface area contributed by atoms with Gasteiger partial charge in [-0.15, -0.1) is 0 Å². The zero-order valence-corrected chi connectivity index (χ0v) is 26.3. The molecule has 2 aromatic carbocycles. The van der Waals surface area contributed by atoms with Crippen molar-refractivity contribution < 1.29 is 33.6 Å². The summed E-state index contributed by atoms with van der Waals surface area (Å²) in [5.41, 5.74) is 8.19. The average molecular weight is 600 g/mol. The number of aliphatic hydroxyl groups is 1. The first-order valence-electron chi connectivity index (χ1n) is 15.2. The third-order valence-electron chi connectivity index (χ3n) is 8.36. The van der Waals surface area contributed by atoms with E-state index in [-0.39, 0.29) is 30.6 Å². The van der Waals surface area contributed by atoms with Crippen molar-refractivity contribution in [2.45, 2.75) is 69.4 Å². The van der Waals surface area contributed by atoms with Crippen LogP contribution in [0.1, 0.15) is 50.2 Å². The number of rotatable bonds is 14. The van der Waals surface area contributed by atoms with E-state index in [0.29, 0.717) is 39.2 Å². The minimum absolute atomic E-state index is 0.0158. The van der Waals surface area contributed by atoms with Crippen LogP contribution in [0.4, 0.5) is 5.69 Å². The average Bonchev–Trinajstić information content (AvgIpc) is 2.99. The van der Waals surface area contributed by atoms with Gasteiger partial charge in [0, 0.05) is 45.9 Å². The number of anilines is 1. The van der Waals surface area contributed by atoms with Gasteiger partial charge in [0.2, 0.25) is 5.91 Å². The topological polar surface area (TPSA) is 116 Å². The van der Waals surface area contributed by atoms with Gasteiger partial charge < -0.3 is 44.3 Å². The lowest BCUT2D eigenvalue weighted by atomic mass is 9.79. The molecule has 0 spiro atoms. The maximum absolute atomic E-state index is 13.4. The molecule has 2 aliphatic heterocycles. The van der Waals surface area contributed by atoms with Gasteiger partial charge in [0.05, 0.1) is 50.3 Å². The van der Waals surface area contributed by atoms with Crippen LogP contribution in [-0.4, -0.2) is 100 Å². The number of fused-ring (bicyclic) bond motifs is 1. The van der Waals surface area contributed by atoms with Gasteiger partial charge in [-0.25, -0.2) is 0 Å². The second-order valence-electron chi connectivity index (χ2n) is 12.0. The smallest absolute Gasteiger partial charge is 0.239 e. The number of ether oxygens (including phenoxy) is 5. The molecular weight excluding hydrogens is 550 g/mol. The maximum atomic E-state index is 13.4. The van der Waals surface area contributed by atoms with E-state index in [2.05, 4.69) is 23.1 Å². The third kappa shape index (κ3) is 8.61. The molecule has 0 saturated carbocycles. The van der Waals surface area contributed by atoms with Gasteiger partial charge in [-0.05, 0) is 68.5 Å². The number of benzene rings is 2. The summed E-state index contributed by atoms with van der Waals surface area (Å²) < 4.78 is 28.5. The minimum atomic E-state index is -1.10. The van der Waals surface area contributed by atoms with Crippen molar-refractivity contribution in [3.63, 3.8) is 0 Å². The molecule has 2 heterocycles. The highest BCUT2D eigenvalue weighted by Crippen LogP contribution is 2.39. The van der Waals surface area contributed by atoms with Crippen LogP contribution in [0.5, 0.6) is 11.5 Å². The van der Waals surface area contributed by atoms with Gasteiger partial charge in [-0.2, -0.15) is 0 Å². The zero-order chi connectivity index (χ0) is 31.0. The highest BCUT2D eigenvalue weighted by atomic mass is 16.5. The van der Waals surface area contributed by atoms with E-state index in [0.717, 1.165) is 47.8 Å². The molecule has 2 aliphatic rings. The van der Waals surface area contributed by atoms with Gasteiger partial charge in [-0.3, -0.25) is 4.79 Å². The van der Waals surface area contributed by atoms with Gasteiger partial charge >= 0.3 is 0 Å². The summed E-state index contributed by atoms with van der Waals surface area (Å²) in [6.45, 7) is 7.43. The molecule has 0 aliphatic carbocycles. The number of carbonyl (C=O) groups excluding carboxylic acids is 1. The minimum Gasteiger partial charge on any atom is -0.497 e. The van der Waals surface area contributed by atoms with Crippen molar-refractivity contribution in [1.29, 1.82) is 0 Å². The molecular formula is C33H49N3O7. The predicted octanol–water partition coefficient (Wildman–Crippen LogP) is 3.34. The van der Waals surface area contributed by atoms with Crippen LogP contribution in [0.25, 0.3) is 0 Å². The van der Waals surface area contributed by atoms with Gasteiger partial charge in [0.25, 0.3) is 0 Å². The van der Waals surface area contributed by atoms with Crippen LogP contribution in [0, 0.1) is 0 Å². The number of methoxy groups -OCH3 is 3. The highest BCUT2D eigenvalue weighted by molar-refractivity contribution is 5.81. The van der Waals surface area contributed by atoms with Crippen molar-refractivity contribution >= 4 is 11.6 Å². The fraction of sp³-hybridized carbons (Fsp3) is 0.606. The van der Waals surface area contributed by atoms with Crippen LogP contribution in [0.3, 0.4) is 0 Å². The Morgan fingerprint density at radius 1 is 1.16 bits per heavy atom. The first-order chi connectivity index (χ1) is 20.7. The molecule has 43 heavy (non-hydrogen) atoms. The lowest BCUT2D eigenvalue weighted by Crippen LogP contribution is -2.57. The van der Waals surface area contributed by atoms with Crippen molar-refractivity contribution in [2.24, 2.45) is 5.73 Å². The van der Waals surface area contributed by atoms with Crippen LogP contribution in [0.15, 0.2) is 42.5 Å². The largest absolute Gasteiger partial charge is 0.497 e. The van der Waals surface area contributed by atoms with Crippen molar-refractivity contribution in [3.8, 4) is 11.5 Å². The summed E-state index contributed by atoms with van der Waals surface area (Å²) in [7, 11) is 4.94. The Balaban J connectivity index is 1.59. The summed E-state index contributed by atoms with van der Waals surface area (Å²) in [5, 5.41) is 11.1. The van der Waals surface area contributed by atoms with Crippen molar-refractivity contribution in [1.82, 2.24) is 4.90 Å². The summed E-state index contributed by atoms with van der Waals surface area (Å²) in [5.74, 6) is 1.48. The summed E-state index contributed by atoms with van der Waals surface area (Å²) in [6, 6.07) is 13.3. The van der Waals surface area contributed by atoms with Crippen molar-refractivity contribution in [3.05, 3.63) is 53.6 Å². The Kier molecular flexibility index (Phi) is 11.7. The number of carbonyl (C=O) groups is 1. The first-order valence-corrected chi connectivity index (χ1v) is 15.2. The lowest BCUT2D eigenvalue weighted by molar-refractivity contribution is -0.145. The first kappa shape index (κ1) is 33.0. The molecule has 1 amide bonds. The fourth-order valence-electron chi connectivity index (χ4n) is 6.26. The Morgan fingerprint density at radius 2 is 1.93 bits per heavy atom. The summed E-state index contributed by atoms with van der Waals surface area (Å²) >= 11 is 0. The van der Waals surface area contributed by atoms with E-state index in [4.69, 9.17) is 29.4 Å². The molecule has 1 fully saturated rings. The number of amides is 1. The zero-order valence-electron chi connectivity index (χ0n) is 26.3. The van der Waals surface area contributed by atoms with Crippen molar-refractivity contribution in [2.75, 3.05) is 65.7 Å². The lowest BCUT2D eigenvalue weighted by Gasteiger charge is -2.46. The Hall–Kier alpha value is -2.89. The van der Waals surface area contributed by atoms with Gasteiger partial charge in [0.15, 0.2) is 0 Å². The fourth-order valence-corrected chi connectivity index (χ4v) is 6.26. The highest BCUT2D eigenvalue weighted by Gasteiger charge is 2.42. The molecule has 0 aromatic heterocycles. The molecule has 2 aromatic rings. The van der Waals surface area contributed by atoms with E-state index in [9.17, 15) is 9.90 Å². The Bertz CT molecular complexity index is 1170. The molecule has 3 N–H and O–H groups in total. The molecule has 10 heteroatoms. The van der Waals surface area contributed by atoms with E-state index < -0.39 is 11.6 Å². The molecule has 238 valence electrons. The second kappa shape index (κ2) is 15.2. The monoisotopic (exact) mass is 599 g/mol. The number of likely N-dealkylation sites (tertiary alicyclic amines) is 1. The second-order valence-corrected chi connectivity index (χ2v) is 12.0. The predicted molar refractivity (Wildman–Crippen MR) is 166 cm³/mol. The number of hydrogen-bond acceptors (Lipinski definition) is 9. The number of piperidine rings is 1. The summed E-state index contributed by atoms with van der Waals surface area (Å²) in [4.78, 5) is 17.5. The molecule has 4 rings (SSSR count).